The normalized spacial score (nSPS) is 19.3. The first-order valence-corrected chi connectivity index (χ1v) is 7.82. The minimum absolute atomic E-state index is 0.0498. The van der Waals surface area contributed by atoms with Crippen molar-refractivity contribution in [2.75, 3.05) is 13.1 Å². The monoisotopic (exact) mass is 299 g/mol. The lowest BCUT2D eigenvalue weighted by Gasteiger charge is -2.12. The Labute approximate surface area is 117 Å². The second kappa shape index (κ2) is 5.88. The van der Waals surface area contributed by atoms with Gasteiger partial charge in [-0.1, -0.05) is 11.6 Å². The van der Waals surface area contributed by atoms with Crippen molar-refractivity contribution in [3.63, 3.8) is 0 Å². The van der Waals surface area contributed by atoms with E-state index in [0.29, 0.717) is 6.54 Å². The Kier molecular flexibility index (Phi) is 4.42. The number of benzene rings is 1. The SMILES string of the molecule is N#Cc1ccc(Cl)c(S(=O)(=O)NCC2CCCN2)c1. The Morgan fingerprint density at radius 2 is 2.32 bits per heavy atom. The summed E-state index contributed by atoms with van der Waals surface area (Å²) in [6.07, 6.45) is 2.01. The number of halogens is 1. The first kappa shape index (κ1) is 14.3. The van der Waals surface area contributed by atoms with E-state index < -0.39 is 10.0 Å². The van der Waals surface area contributed by atoms with Gasteiger partial charge in [0.2, 0.25) is 10.0 Å². The van der Waals surface area contributed by atoms with Gasteiger partial charge < -0.3 is 5.32 Å². The van der Waals surface area contributed by atoms with Crippen molar-refractivity contribution in [2.24, 2.45) is 0 Å². The summed E-state index contributed by atoms with van der Waals surface area (Å²) < 4.78 is 26.8. The van der Waals surface area contributed by atoms with E-state index >= 15 is 0 Å². The van der Waals surface area contributed by atoms with Crippen LogP contribution >= 0.6 is 11.6 Å². The molecule has 0 aromatic heterocycles. The molecule has 1 aromatic rings. The van der Waals surface area contributed by atoms with Gasteiger partial charge in [-0.15, -0.1) is 0 Å². The van der Waals surface area contributed by atoms with Crippen molar-refractivity contribution < 1.29 is 8.42 Å². The minimum atomic E-state index is -3.68. The number of hydrogen-bond donors (Lipinski definition) is 2. The summed E-state index contributed by atoms with van der Waals surface area (Å²) in [5.74, 6) is 0. The van der Waals surface area contributed by atoms with Crippen molar-refractivity contribution in [1.29, 1.82) is 5.26 Å². The van der Waals surface area contributed by atoms with E-state index in [0.717, 1.165) is 19.4 Å². The largest absolute Gasteiger partial charge is 0.313 e. The molecule has 0 amide bonds. The van der Waals surface area contributed by atoms with E-state index in [1.54, 1.807) is 0 Å². The summed E-state index contributed by atoms with van der Waals surface area (Å²) in [4.78, 5) is -0.0498. The van der Waals surface area contributed by atoms with Gasteiger partial charge in [0.05, 0.1) is 16.7 Å². The molecule has 1 fully saturated rings. The molecule has 19 heavy (non-hydrogen) atoms. The summed E-state index contributed by atoms with van der Waals surface area (Å²) in [7, 11) is -3.68. The van der Waals surface area contributed by atoms with Crippen LogP contribution in [-0.4, -0.2) is 27.5 Å². The van der Waals surface area contributed by atoms with Crippen LogP contribution in [0.3, 0.4) is 0 Å². The van der Waals surface area contributed by atoms with Crippen molar-refractivity contribution in [1.82, 2.24) is 10.0 Å². The Morgan fingerprint density at radius 3 is 2.95 bits per heavy atom. The molecule has 0 radical (unpaired) electrons. The fraction of sp³-hybridized carbons (Fsp3) is 0.417. The topological polar surface area (TPSA) is 82.0 Å². The molecule has 0 spiro atoms. The fourth-order valence-corrected chi connectivity index (χ4v) is 3.60. The number of sulfonamides is 1. The first-order valence-electron chi connectivity index (χ1n) is 5.95. The van der Waals surface area contributed by atoms with Crippen LogP contribution in [0.15, 0.2) is 23.1 Å². The van der Waals surface area contributed by atoms with E-state index in [4.69, 9.17) is 16.9 Å². The number of rotatable bonds is 4. The third-order valence-electron chi connectivity index (χ3n) is 3.03. The van der Waals surface area contributed by atoms with Gasteiger partial charge in [-0.25, -0.2) is 13.1 Å². The maximum Gasteiger partial charge on any atom is 0.242 e. The molecule has 1 atom stereocenters. The molecular formula is C12H14ClN3O2S. The lowest BCUT2D eigenvalue weighted by Crippen LogP contribution is -2.37. The molecule has 102 valence electrons. The molecule has 1 heterocycles. The van der Waals surface area contributed by atoms with Gasteiger partial charge >= 0.3 is 0 Å². The fourth-order valence-electron chi connectivity index (χ4n) is 2.00. The number of nitriles is 1. The predicted molar refractivity (Wildman–Crippen MR) is 72.4 cm³/mol. The molecule has 1 unspecified atom stereocenters. The van der Waals surface area contributed by atoms with E-state index in [1.807, 2.05) is 6.07 Å². The third-order valence-corrected chi connectivity index (χ3v) is 4.94. The lowest BCUT2D eigenvalue weighted by molar-refractivity contribution is 0.552. The highest BCUT2D eigenvalue weighted by atomic mass is 35.5. The highest BCUT2D eigenvalue weighted by molar-refractivity contribution is 7.89. The molecule has 1 aliphatic heterocycles. The average molecular weight is 300 g/mol. The van der Waals surface area contributed by atoms with Crippen LogP contribution in [0.1, 0.15) is 18.4 Å². The van der Waals surface area contributed by atoms with E-state index in [9.17, 15) is 8.42 Å². The van der Waals surface area contributed by atoms with Gasteiger partial charge in [0.1, 0.15) is 4.90 Å². The zero-order valence-corrected chi connectivity index (χ0v) is 11.8. The van der Waals surface area contributed by atoms with Crippen molar-refractivity contribution in [3.8, 4) is 6.07 Å². The van der Waals surface area contributed by atoms with Gasteiger partial charge in [0.25, 0.3) is 0 Å². The van der Waals surface area contributed by atoms with Crippen LogP contribution in [0.25, 0.3) is 0 Å². The summed E-state index contributed by atoms with van der Waals surface area (Å²) >= 11 is 5.89. The molecule has 0 aliphatic carbocycles. The van der Waals surface area contributed by atoms with Gasteiger partial charge in [-0.2, -0.15) is 5.26 Å². The van der Waals surface area contributed by atoms with E-state index in [-0.39, 0.29) is 21.5 Å². The molecule has 0 bridgehead atoms. The lowest BCUT2D eigenvalue weighted by atomic mass is 10.2. The molecule has 1 aliphatic rings. The van der Waals surface area contributed by atoms with E-state index in [2.05, 4.69) is 10.0 Å². The summed E-state index contributed by atoms with van der Waals surface area (Å²) in [6, 6.07) is 6.25. The van der Waals surface area contributed by atoms with Crippen molar-refractivity contribution in [3.05, 3.63) is 28.8 Å². The minimum Gasteiger partial charge on any atom is -0.313 e. The average Bonchev–Trinajstić information content (AvgIpc) is 2.90. The maximum atomic E-state index is 12.1. The number of hydrogen-bond acceptors (Lipinski definition) is 4. The molecule has 0 saturated carbocycles. The van der Waals surface area contributed by atoms with Crippen LogP contribution < -0.4 is 10.0 Å². The standard InChI is InChI=1S/C12H14ClN3O2S/c13-11-4-3-9(7-14)6-12(11)19(17,18)16-8-10-2-1-5-15-10/h3-4,6,10,15-16H,1-2,5,8H2. The number of nitrogens with one attached hydrogen (secondary N) is 2. The molecule has 7 heteroatoms. The second-order valence-corrected chi connectivity index (χ2v) is 6.54. The summed E-state index contributed by atoms with van der Waals surface area (Å²) in [5, 5.41) is 12.1. The molecule has 1 saturated heterocycles. The van der Waals surface area contributed by atoms with Crippen LogP contribution in [0.4, 0.5) is 0 Å². The first-order chi connectivity index (χ1) is 9.03. The Morgan fingerprint density at radius 1 is 1.53 bits per heavy atom. The molecular weight excluding hydrogens is 286 g/mol. The van der Waals surface area contributed by atoms with Gasteiger partial charge in [0, 0.05) is 12.6 Å². The highest BCUT2D eigenvalue weighted by Gasteiger charge is 2.21. The van der Waals surface area contributed by atoms with Crippen LogP contribution in [0, 0.1) is 11.3 Å². The van der Waals surface area contributed by atoms with Crippen LogP contribution in [-0.2, 0) is 10.0 Å². The van der Waals surface area contributed by atoms with Crippen molar-refractivity contribution >= 4 is 21.6 Å². The van der Waals surface area contributed by atoms with Crippen molar-refractivity contribution in [2.45, 2.75) is 23.8 Å². The number of nitrogens with zero attached hydrogens (tertiary/aromatic N) is 1. The summed E-state index contributed by atoms with van der Waals surface area (Å²) in [6.45, 7) is 1.24. The molecule has 2 rings (SSSR count). The Hall–Kier alpha value is -1.13. The summed E-state index contributed by atoms with van der Waals surface area (Å²) in [5.41, 5.74) is 0.267. The van der Waals surface area contributed by atoms with E-state index in [1.165, 1.54) is 18.2 Å². The quantitative estimate of drug-likeness (QED) is 0.876. The molecule has 1 aromatic carbocycles. The maximum absolute atomic E-state index is 12.1. The Balaban J connectivity index is 2.16. The zero-order valence-electron chi connectivity index (χ0n) is 10.2. The Bertz CT molecular complexity index is 604. The van der Waals surface area contributed by atoms with Gasteiger partial charge in [-0.05, 0) is 37.6 Å². The van der Waals surface area contributed by atoms with Gasteiger partial charge in [0.15, 0.2) is 0 Å². The predicted octanol–water partition coefficient (Wildman–Crippen LogP) is 1.24. The smallest absolute Gasteiger partial charge is 0.242 e. The third kappa shape index (κ3) is 3.45. The second-order valence-electron chi connectivity index (χ2n) is 4.40. The zero-order chi connectivity index (χ0) is 13.9. The molecule has 2 N–H and O–H groups in total. The van der Waals surface area contributed by atoms with Gasteiger partial charge in [-0.3, -0.25) is 0 Å². The van der Waals surface area contributed by atoms with Crippen LogP contribution in [0.2, 0.25) is 5.02 Å². The van der Waals surface area contributed by atoms with Crippen LogP contribution in [0.5, 0.6) is 0 Å². The molecule has 5 nitrogen and oxygen atoms in total. The highest BCUT2D eigenvalue weighted by Crippen LogP contribution is 2.22.